The van der Waals surface area contributed by atoms with Crippen molar-refractivity contribution in [3.05, 3.63) is 0 Å². The van der Waals surface area contributed by atoms with Gasteiger partial charge in [0.05, 0.1) is 30.8 Å². The Bertz CT molecular complexity index is 647. The van der Waals surface area contributed by atoms with Crippen LogP contribution in [0, 0.1) is 0 Å². The van der Waals surface area contributed by atoms with Gasteiger partial charge in [0.15, 0.2) is 12.6 Å². The summed E-state index contributed by atoms with van der Waals surface area (Å²) in [6.45, 7) is 8.72. The molecule has 5 N–H and O–H groups in total. The molecule has 2 heterocycles. The molecule has 0 aromatic carbocycles. The van der Waals surface area contributed by atoms with Crippen LogP contribution in [0.1, 0.15) is 79.6 Å². The highest BCUT2D eigenvalue weighted by Crippen LogP contribution is 2.31. The highest BCUT2D eigenvalue weighted by molar-refractivity contribution is 5.70. The van der Waals surface area contributed by atoms with Crippen molar-refractivity contribution in [3.8, 4) is 0 Å². The van der Waals surface area contributed by atoms with Gasteiger partial charge in [-0.1, -0.05) is 39.0 Å². The second-order valence-corrected chi connectivity index (χ2v) is 10.2. The molecule has 2 aliphatic rings. The van der Waals surface area contributed by atoms with Crippen LogP contribution in [0.25, 0.3) is 0 Å². The molecule has 1 unspecified atom stereocenters. The lowest BCUT2D eigenvalue weighted by Gasteiger charge is -2.46. The molecule has 0 spiro atoms. The molecule has 11 heteroatoms. The van der Waals surface area contributed by atoms with Crippen molar-refractivity contribution in [1.29, 1.82) is 0 Å². The number of ether oxygens (including phenoxy) is 5. The molecule has 2 fully saturated rings. The molecule has 0 aliphatic carbocycles. The first-order valence-electron chi connectivity index (χ1n) is 13.2. The number of carbonyl (C=O) groups is 1. The lowest BCUT2D eigenvalue weighted by Crippen LogP contribution is -2.63. The Morgan fingerprint density at radius 3 is 2.00 bits per heavy atom. The summed E-state index contributed by atoms with van der Waals surface area (Å²) in [4.78, 5) is 12.4. The van der Waals surface area contributed by atoms with E-state index in [0.29, 0.717) is 6.42 Å². The van der Waals surface area contributed by atoms with E-state index in [-0.39, 0.29) is 12.5 Å². The minimum Gasteiger partial charge on any atom is -0.463 e. The number of aliphatic hydroxyl groups is 5. The molecule has 212 valence electrons. The highest BCUT2D eigenvalue weighted by Gasteiger charge is 2.50. The number of hydrogen-bond donors (Lipinski definition) is 5. The summed E-state index contributed by atoms with van der Waals surface area (Å²) >= 11 is 0. The minimum absolute atomic E-state index is 0.0317. The van der Waals surface area contributed by atoms with E-state index in [0.717, 1.165) is 32.1 Å². The molecule has 0 aromatic heterocycles. The number of esters is 1. The summed E-state index contributed by atoms with van der Waals surface area (Å²) in [6.07, 6.45) is -8.18. The molecular weight excluding hydrogens is 476 g/mol. The Morgan fingerprint density at radius 2 is 1.39 bits per heavy atom. The molecule has 2 saturated heterocycles. The van der Waals surface area contributed by atoms with Crippen LogP contribution in [0.2, 0.25) is 0 Å². The van der Waals surface area contributed by atoms with Crippen molar-refractivity contribution < 1.29 is 54.0 Å². The van der Waals surface area contributed by atoms with E-state index in [1.807, 2.05) is 0 Å². The van der Waals surface area contributed by atoms with Gasteiger partial charge in [-0.15, -0.1) is 0 Å². The van der Waals surface area contributed by atoms with Crippen LogP contribution in [-0.4, -0.2) is 105 Å². The Hall–Kier alpha value is -0.890. The van der Waals surface area contributed by atoms with E-state index in [1.165, 1.54) is 6.92 Å². The molecular formula is C25H46O11. The maximum Gasteiger partial charge on any atom is 0.308 e. The molecule has 0 amide bonds. The van der Waals surface area contributed by atoms with Crippen molar-refractivity contribution in [3.63, 3.8) is 0 Å². The fraction of sp³-hybridized carbons (Fsp3) is 0.960. The maximum atomic E-state index is 12.4. The lowest BCUT2D eigenvalue weighted by molar-refractivity contribution is -0.366. The third-order valence-corrected chi connectivity index (χ3v) is 6.60. The standard InChI is InChI=1S/C25H46O11/c1-6-7-8-9-10-11-16(12-17(26)32-13(2)3)35-25-23(21(30)19(28)15(5)34-25)36-24-22(31)20(29)18(27)14(4)33-24/h13-16,18-25,27-31H,6-12H2,1-5H3/t14-,15-,16?,18+,19-,20-,21+,22-,23+,24+,25-/m0/s1. The smallest absolute Gasteiger partial charge is 0.308 e. The average Bonchev–Trinajstić information content (AvgIpc) is 2.81. The van der Waals surface area contributed by atoms with Crippen LogP contribution in [0.3, 0.4) is 0 Å². The molecule has 0 aromatic rings. The van der Waals surface area contributed by atoms with E-state index < -0.39 is 73.5 Å². The fourth-order valence-corrected chi connectivity index (χ4v) is 4.42. The summed E-state index contributed by atoms with van der Waals surface area (Å²) in [6, 6.07) is 0. The van der Waals surface area contributed by atoms with Crippen molar-refractivity contribution >= 4 is 5.97 Å². The van der Waals surface area contributed by atoms with Gasteiger partial charge < -0.3 is 49.2 Å². The number of hydrogen-bond acceptors (Lipinski definition) is 11. The zero-order valence-electron chi connectivity index (χ0n) is 22.1. The van der Waals surface area contributed by atoms with Crippen molar-refractivity contribution in [1.82, 2.24) is 0 Å². The van der Waals surface area contributed by atoms with Crippen LogP contribution < -0.4 is 0 Å². The van der Waals surface area contributed by atoms with Gasteiger partial charge in [-0.3, -0.25) is 4.79 Å². The summed E-state index contributed by atoms with van der Waals surface area (Å²) < 4.78 is 28.5. The number of unbranched alkanes of at least 4 members (excludes halogenated alkanes) is 4. The zero-order valence-corrected chi connectivity index (χ0v) is 22.1. The van der Waals surface area contributed by atoms with E-state index in [9.17, 15) is 30.3 Å². The number of carbonyl (C=O) groups excluding carboxylic acids is 1. The third kappa shape index (κ3) is 8.85. The Balaban J connectivity index is 2.16. The number of rotatable bonds is 13. The first-order chi connectivity index (χ1) is 17.0. The highest BCUT2D eigenvalue weighted by atomic mass is 16.8. The van der Waals surface area contributed by atoms with Gasteiger partial charge in [-0.05, 0) is 34.1 Å². The summed E-state index contributed by atoms with van der Waals surface area (Å²) in [5, 5.41) is 51.6. The summed E-state index contributed by atoms with van der Waals surface area (Å²) in [5.41, 5.74) is 0. The Kier molecular flexibility index (Phi) is 13.0. The van der Waals surface area contributed by atoms with Gasteiger partial charge >= 0.3 is 5.97 Å². The molecule has 0 bridgehead atoms. The van der Waals surface area contributed by atoms with Crippen LogP contribution in [0.15, 0.2) is 0 Å². The van der Waals surface area contributed by atoms with E-state index in [2.05, 4.69) is 6.92 Å². The fourth-order valence-electron chi connectivity index (χ4n) is 4.42. The van der Waals surface area contributed by atoms with Crippen LogP contribution >= 0.6 is 0 Å². The van der Waals surface area contributed by atoms with Gasteiger partial charge in [0.2, 0.25) is 0 Å². The largest absolute Gasteiger partial charge is 0.463 e. The van der Waals surface area contributed by atoms with Gasteiger partial charge in [0.25, 0.3) is 0 Å². The third-order valence-electron chi connectivity index (χ3n) is 6.60. The van der Waals surface area contributed by atoms with Gasteiger partial charge in [-0.2, -0.15) is 0 Å². The Morgan fingerprint density at radius 1 is 0.806 bits per heavy atom. The van der Waals surface area contributed by atoms with E-state index in [1.54, 1.807) is 20.8 Å². The molecule has 11 atom stereocenters. The predicted molar refractivity (Wildman–Crippen MR) is 128 cm³/mol. The van der Waals surface area contributed by atoms with Crippen molar-refractivity contribution in [2.45, 2.75) is 153 Å². The SMILES string of the molecule is CCCCCCCC(CC(=O)OC(C)C)O[C@@H]1O[C@@H](C)[C@H](O)[C@@H](O)[C@H]1O[C@H]1O[C@@H](C)[C@@H](O)[C@H](O)[C@@H]1O. The second-order valence-electron chi connectivity index (χ2n) is 10.2. The molecule has 11 nitrogen and oxygen atoms in total. The minimum atomic E-state index is -1.61. The van der Waals surface area contributed by atoms with E-state index >= 15 is 0 Å². The monoisotopic (exact) mass is 522 g/mol. The van der Waals surface area contributed by atoms with Crippen LogP contribution in [0.4, 0.5) is 0 Å². The molecule has 0 radical (unpaired) electrons. The van der Waals surface area contributed by atoms with Crippen molar-refractivity contribution in [2.75, 3.05) is 0 Å². The topological polar surface area (TPSA) is 164 Å². The summed E-state index contributed by atoms with van der Waals surface area (Å²) in [7, 11) is 0. The predicted octanol–water partition coefficient (Wildman–Crippen LogP) is 0.753. The average molecular weight is 523 g/mol. The lowest BCUT2D eigenvalue weighted by atomic mass is 9.97. The summed E-state index contributed by atoms with van der Waals surface area (Å²) in [5.74, 6) is -0.428. The quantitative estimate of drug-likeness (QED) is 0.171. The number of aliphatic hydroxyl groups excluding tert-OH is 5. The van der Waals surface area contributed by atoms with Crippen LogP contribution in [0.5, 0.6) is 0 Å². The van der Waals surface area contributed by atoms with Gasteiger partial charge in [-0.25, -0.2) is 0 Å². The molecule has 2 aliphatic heterocycles. The molecule has 36 heavy (non-hydrogen) atoms. The molecule has 0 saturated carbocycles. The van der Waals surface area contributed by atoms with Gasteiger partial charge in [0, 0.05) is 0 Å². The zero-order chi connectivity index (χ0) is 27.0. The van der Waals surface area contributed by atoms with E-state index in [4.69, 9.17) is 23.7 Å². The van der Waals surface area contributed by atoms with Crippen molar-refractivity contribution in [2.24, 2.45) is 0 Å². The first kappa shape index (κ1) is 31.3. The first-order valence-corrected chi connectivity index (χ1v) is 13.2. The Labute approximate surface area is 213 Å². The second kappa shape index (κ2) is 14.9. The normalized spacial score (nSPS) is 38.2. The van der Waals surface area contributed by atoms with Crippen LogP contribution in [-0.2, 0) is 28.5 Å². The molecule has 2 rings (SSSR count). The van der Waals surface area contributed by atoms with Gasteiger partial charge in [0.1, 0.15) is 36.6 Å². The maximum absolute atomic E-state index is 12.4.